The van der Waals surface area contributed by atoms with E-state index in [2.05, 4.69) is 15.2 Å². The van der Waals surface area contributed by atoms with Crippen LogP contribution in [0.25, 0.3) is 22.0 Å². The molecule has 10 heteroatoms. The number of aromatic amines is 1. The van der Waals surface area contributed by atoms with Crippen molar-refractivity contribution in [3.8, 4) is 16.9 Å². The van der Waals surface area contributed by atoms with Gasteiger partial charge in [-0.1, -0.05) is 11.6 Å². The number of amides is 1. The molecule has 1 amide bonds. The number of benzene rings is 2. The molecule has 1 aliphatic rings. The van der Waals surface area contributed by atoms with Gasteiger partial charge in [0.05, 0.1) is 40.3 Å². The predicted octanol–water partition coefficient (Wildman–Crippen LogP) is 3.53. The van der Waals surface area contributed by atoms with Crippen molar-refractivity contribution in [2.24, 2.45) is 0 Å². The molecule has 1 N–H and O–H groups in total. The second-order valence-electron chi connectivity index (χ2n) is 7.51. The third kappa shape index (κ3) is 2.99. The maximum absolute atomic E-state index is 15.3. The average molecular weight is 442 g/mol. The maximum Gasteiger partial charge on any atom is 0.255 e. The number of hydrogen-bond donors (Lipinski definition) is 1. The number of nitrogens with one attached hydrogen (secondary N) is 1. The first-order valence-corrected chi connectivity index (χ1v) is 10.0. The molecule has 154 valence electrons. The van der Waals surface area contributed by atoms with Crippen molar-refractivity contribution >= 4 is 44.1 Å². The lowest BCUT2D eigenvalue weighted by molar-refractivity contribution is 0.0729. The summed E-state index contributed by atoms with van der Waals surface area (Å²) < 4.78 is 20.6. The van der Waals surface area contributed by atoms with Gasteiger partial charge in [0.25, 0.3) is 5.91 Å². The van der Waals surface area contributed by atoms with Gasteiger partial charge in [0.1, 0.15) is 17.1 Å². The topological polar surface area (TPSA) is 71.1 Å². The Balaban J connectivity index is 1.54. The van der Waals surface area contributed by atoms with Crippen LogP contribution >= 0.6 is 11.6 Å². The van der Waals surface area contributed by atoms with Crippen molar-refractivity contribution in [1.82, 2.24) is 20.1 Å². The monoisotopic (exact) mass is 442 g/mol. The number of ether oxygens (including phenoxy) is 1. The summed E-state index contributed by atoms with van der Waals surface area (Å²) in [4.78, 5) is 18.1. The lowest BCUT2D eigenvalue weighted by Crippen LogP contribution is -2.44. The number of fused-ring (bicyclic) bond motifs is 2. The Morgan fingerprint density at radius 3 is 2.78 bits per heavy atom. The zero-order valence-corrected chi connectivity index (χ0v) is 17.7. The van der Waals surface area contributed by atoms with Gasteiger partial charge < -0.3 is 9.64 Å². The van der Waals surface area contributed by atoms with Crippen LogP contribution in [0.5, 0.6) is 5.75 Å². The van der Waals surface area contributed by atoms with Crippen LogP contribution in [0, 0.1) is 5.82 Å². The van der Waals surface area contributed by atoms with Crippen LogP contribution in [0.3, 0.4) is 0 Å². The van der Waals surface area contributed by atoms with Crippen LogP contribution in [0.1, 0.15) is 21.6 Å². The lowest BCUT2D eigenvalue weighted by Gasteiger charge is -2.33. The van der Waals surface area contributed by atoms with Gasteiger partial charge in [-0.2, -0.15) is 5.10 Å². The van der Waals surface area contributed by atoms with Gasteiger partial charge in [0.15, 0.2) is 0 Å². The molecule has 4 radical (unpaired) electrons. The van der Waals surface area contributed by atoms with Gasteiger partial charge >= 0.3 is 0 Å². The van der Waals surface area contributed by atoms with Crippen molar-refractivity contribution in [3.05, 3.63) is 76.5 Å². The molecular weight excluding hydrogens is 428 g/mol. The summed E-state index contributed by atoms with van der Waals surface area (Å²) in [7, 11) is 14.0. The van der Waals surface area contributed by atoms with Crippen LogP contribution in [0.15, 0.2) is 48.8 Å². The second-order valence-corrected chi connectivity index (χ2v) is 7.92. The number of halogens is 2. The smallest absolute Gasteiger partial charge is 0.255 e. The van der Waals surface area contributed by atoms with E-state index in [0.29, 0.717) is 16.8 Å². The fourth-order valence-corrected chi connectivity index (χ4v) is 4.31. The first-order chi connectivity index (χ1) is 15.3. The summed E-state index contributed by atoms with van der Waals surface area (Å²) >= 11 is 6.48. The molecule has 32 heavy (non-hydrogen) atoms. The standard InChI is InChI=1S/C22H14B2ClFN4O2/c1-32-18-5-4-12(14-9-28-29-19(14)18)11-7-16(25)15(17(26)8-11)10-30-21(31)13-3-2-6-27-20(13)22(30,23)24/h2-9H,10H2,1H3,(H,28,29). The van der Waals surface area contributed by atoms with Crippen LogP contribution in [0.4, 0.5) is 4.39 Å². The number of hydrogen-bond acceptors (Lipinski definition) is 4. The summed E-state index contributed by atoms with van der Waals surface area (Å²) in [6.45, 7) is -0.211. The van der Waals surface area contributed by atoms with E-state index in [1.165, 1.54) is 12.3 Å². The number of pyridine rings is 1. The molecule has 0 saturated carbocycles. The third-order valence-electron chi connectivity index (χ3n) is 5.67. The van der Waals surface area contributed by atoms with Crippen LogP contribution < -0.4 is 4.74 Å². The van der Waals surface area contributed by atoms with E-state index in [9.17, 15) is 4.79 Å². The van der Waals surface area contributed by atoms with Crippen LogP contribution in [-0.4, -0.2) is 48.8 Å². The first kappa shape index (κ1) is 20.6. The Morgan fingerprint density at radius 2 is 2.06 bits per heavy atom. The number of nitrogens with zero attached hydrogens (tertiary/aromatic N) is 3. The highest BCUT2D eigenvalue weighted by Gasteiger charge is 2.43. The molecule has 2 aromatic heterocycles. The summed E-state index contributed by atoms with van der Waals surface area (Å²) in [6, 6.07) is 9.76. The zero-order chi connectivity index (χ0) is 22.6. The highest BCUT2D eigenvalue weighted by Crippen LogP contribution is 2.38. The molecule has 3 heterocycles. The van der Waals surface area contributed by atoms with Gasteiger partial charge in [-0.25, -0.2) is 4.39 Å². The molecule has 5 rings (SSSR count). The number of carbonyl (C=O) groups excluding carboxylic acids is 1. The van der Waals surface area contributed by atoms with E-state index in [1.54, 1.807) is 43.6 Å². The summed E-state index contributed by atoms with van der Waals surface area (Å²) in [5, 5.41) is 6.16. The van der Waals surface area contributed by atoms with E-state index in [4.69, 9.17) is 32.0 Å². The second kappa shape index (κ2) is 7.38. The fourth-order valence-electron chi connectivity index (χ4n) is 4.04. The van der Waals surface area contributed by atoms with E-state index in [1.807, 2.05) is 0 Å². The van der Waals surface area contributed by atoms with Crippen molar-refractivity contribution in [2.75, 3.05) is 7.11 Å². The van der Waals surface area contributed by atoms with Gasteiger partial charge in [-0.05, 0) is 47.5 Å². The van der Waals surface area contributed by atoms with Gasteiger partial charge in [-0.15, -0.1) is 0 Å². The molecule has 0 saturated heterocycles. The number of carbonyl (C=O) groups is 1. The van der Waals surface area contributed by atoms with E-state index < -0.39 is 17.1 Å². The molecule has 0 fully saturated rings. The molecule has 4 aromatic rings. The highest BCUT2D eigenvalue weighted by atomic mass is 35.5. The summed E-state index contributed by atoms with van der Waals surface area (Å²) in [5.41, 5.74) is 2.59. The molecule has 0 aliphatic carbocycles. The molecular formula is C22H14B2ClFN4O2. The molecule has 2 aromatic carbocycles. The third-order valence-corrected chi connectivity index (χ3v) is 6.01. The Hall–Kier alpha value is -3.32. The normalized spacial score (nSPS) is 14.7. The van der Waals surface area contributed by atoms with Crippen molar-refractivity contribution < 1.29 is 13.9 Å². The van der Waals surface area contributed by atoms with Crippen molar-refractivity contribution in [2.45, 2.75) is 11.9 Å². The quantitative estimate of drug-likeness (QED) is 0.491. The summed E-state index contributed by atoms with van der Waals surface area (Å²) in [6.07, 6.45) is 3.13. The largest absolute Gasteiger partial charge is 0.494 e. The van der Waals surface area contributed by atoms with Gasteiger partial charge in [0.2, 0.25) is 0 Å². The minimum atomic E-state index is -1.68. The molecule has 0 spiro atoms. The first-order valence-electron chi connectivity index (χ1n) is 9.66. The number of methoxy groups -OCH3 is 1. The van der Waals surface area contributed by atoms with E-state index in [0.717, 1.165) is 15.8 Å². The van der Waals surface area contributed by atoms with E-state index >= 15 is 4.39 Å². The molecule has 0 unspecified atom stereocenters. The average Bonchev–Trinajstić information content (AvgIpc) is 3.33. The zero-order valence-electron chi connectivity index (χ0n) is 16.9. The summed E-state index contributed by atoms with van der Waals surface area (Å²) in [5.74, 6) is -0.409. The van der Waals surface area contributed by atoms with Gasteiger partial charge in [0, 0.05) is 34.1 Å². The minimum Gasteiger partial charge on any atom is -0.494 e. The van der Waals surface area contributed by atoms with Crippen molar-refractivity contribution in [3.63, 3.8) is 0 Å². The lowest BCUT2D eigenvalue weighted by atomic mass is 9.59. The number of rotatable bonds is 4. The molecule has 6 nitrogen and oxygen atoms in total. The predicted molar refractivity (Wildman–Crippen MR) is 120 cm³/mol. The molecule has 0 bridgehead atoms. The van der Waals surface area contributed by atoms with Crippen LogP contribution in [-0.2, 0) is 11.9 Å². The Morgan fingerprint density at radius 1 is 1.25 bits per heavy atom. The minimum absolute atomic E-state index is 0.105. The number of H-pyrrole nitrogens is 1. The Kier molecular flexibility index (Phi) is 4.74. The van der Waals surface area contributed by atoms with Gasteiger partial charge in [-0.3, -0.25) is 14.9 Å². The van der Waals surface area contributed by atoms with Crippen molar-refractivity contribution in [1.29, 1.82) is 0 Å². The van der Waals surface area contributed by atoms with E-state index in [-0.39, 0.29) is 28.4 Å². The maximum atomic E-state index is 15.3. The SMILES string of the molecule is [B]C1([B])c2ncccc2C(=O)N1Cc1c(F)cc(-c2ccc(OC)c3[nH]ncc23)cc1Cl. The van der Waals surface area contributed by atoms with Crippen LogP contribution in [0.2, 0.25) is 5.02 Å². The number of aromatic nitrogens is 3. The fraction of sp³-hybridized carbons (Fsp3) is 0.136. The Bertz CT molecular complexity index is 1370. The Labute approximate surface area is 190 Å². The molecule has 1 aliphatic heterocycles. The highest BCUT2D eigenvalue weighted by molar-refractivity contribution is 6.42. The molecule has 0 atom stereocenters.